The van der Waals surface area contributed by atoms with Crippen LogP contribution in [0.2, 0.25) is 0 Å². The van der Waals surface area contributed by atoms with Crippen LogP contribution < -0.4 is 10.0 Å². The summed E-state index contributed by atoms with van der Waals surface area (Å²) in [7, 11) is -7.33. The first kappa shape index (κ1) is 24.9. The van der Waals surface area contributed by atoms with Gasteiger partial charge in [-0.15, -0.1) is 0 Å². The molecule has 2 aromatic rings. The molecule has 3 rings (SSSR count). The summed E-state index contributed by atoms with van der Waals surface area (Å²) >= 11 is 0. The Labute approximate surface area is 195 Å². The fraction of sp³-hybridized carbons (Fsp3) is 0.391. The molecule has 0 radical (unpaired) electrons. The number of rotatable bonds is 9. The van der Waals surface area contributed by atoms with Gasteiger partial charge >= 0.3 is 0 Å². The summed E-state index contributed by atoms with van der Waals surface area (Å²) in [4.78, 5) is 16.5. The maximum Gasteiger partial charge on any atom is 0.262 e. The number of carbonyl (C=O) groups is 1. The third kappa shape index (κ3) is 8.29. The number of hydrogen-bond acceptors (Lipinski definition) is 6. The highest BCUT2D eigenvalue weighted by Gasteiger charge is 2.19. The van der Waals surface area contributed by atoms with Gasteiger partial charge in [0.05, 0.1) is 10.6 Å². The zero-order valence-electron chi connectivity index (χ0n) is 18.4. The number of hydrogen-bond donors (Lipinski definition) is 2. The van der Waals surface area contributed by atoms with E-state index in [0.717, 1.165) is 24.8 Å². The van der Waals surface area contributed by atoms with Gasteiger partial charge in [0.2, 0.25) is 5.91 Å². The standard InChI is InChI=1S/C23H29N3O5S2/c27-23(18-32(28,29)17-7-10-19-8-3-1-4-9-19)25-20-12-14-21(15-13-20)33(30,31)26-22-11-5-2-6-16-24-22/h1,3-4,8-9,12-15H,2,5-7,10-11,16-18H2,(H,24,26)(H,25,27). The number of sulfone groups is 1. The van der Waals surface area contributed by atoms with E-state index in [9.17, 15) is 21.6 Å². The van der Waals surface area contributed by atoms with Gasteiger partial charge in [0.1, 0.15) is 11.6 Å². The van der Waals surface area contributed by atoms with E-state index in [4.69, 9.17) is 0 Å². The lowest BCUT2D eigenvalue weighted by molar-refractivity contribution is -0.113. The Hall–Kier alpha value is -2.72. The lowest BCUT2D eigenvalue weighted by Crippen LogP contribution is -2.30. The molecule has 0 saturated heterocycles. The molecule has 0 saturated carbocycles. The van der Waals surface area contributed by atoms with Crippen molar-refractivity contribution < 1.29 is 21.6 Å². The summed E-state index contributed by atoms with van der Waals surface area (Å²) in [5.41, 5.74) is 1.37. The molecule has 0 fully saturated rings. The van der Waals surface area contributed by atoms with E-state index in [0.29, 0.717) is 37.3 Å². The second kappa shape index (κ2) is 11.4. The van der Waals surface area contributed by atoms with E-state index >= 15 is 0 Å². The number of amides is 1. The number of aliphatic imine (C=N–C) groups is 1. The van der Waals surface area contributed by atoms with Crippen molar-refractivity contribution in [3.8, 4) is 0 Å². The van der Waals surface area contributed by atoms with E-state index in [2.05, 4.69) is 15.0 Å². The first-order chi connectivity index (χ1) is 15.7. The monoisotopic (exact) mass is 491 g/mol. The van der Waals surface area contributed by atoms with Crippen LogP contribution in [-0.4, -0.2) is 46.6 Å². The number of aryl methyl sites for hydroxylation is 1. The first-order valence-electron chi connectivity index (χ1n) is 10.9. The van der Waals surface area contributed by atoms with E-state index < -0.39 is 31.5 Å². The lowest BCUT2D eigenvalue weighted by Gasteiger charge is -2.11. The molecule has 0 spiro atoms. The molecule has 178 valence electrons. The molecule has 1 amide bonds. The van der Waals surface area contributed by atoms with Crippen molar-refractivity contribution in [2.24, 2.45) is 4.99 Å². The molecule has 10 heteroatoms. The number of nitrogens with one attached hydrogen (secondary N) is 2. The Balaban J connectivity index is 1.51. The van der Waals surface area contributed by atoms with Crippen LogP contribution in [0.1, 0.15) is 37.7 Å². The molecule has 0 aromatic heterocycles. The Morgan fingerprint density at radius 1 is 0.909 bits per heavy atom. The van der Waals surface area contributed by atoms with Gasteiger partial charge in [-0.2, -0.15) is 0 Å². The summed E-state index contributed by atoms with van der Waals surface area (Å²) in [6, 6.07) is 15.2. The lowest BCUT2D eigenvalue weighted by atomic mass is 10.1. The molecule has 1 aliphatic heterocycles. The zero-order valence-corrected chi connectivity index (χ0v) is 20.0. The molecule has 2 N–H and O–H groups in total. The molecule has 1 aliphatic rings. The highest BCUT2D eigenvalue weighted by atomic mass is 32.2. The number of nitrogens with zero attached hydrogens (tertiary/aromatic N) is 1. The van der Waals surface area contributed by atoms with Crippen molar-refractivity contribution in [2.75, 3.05) is 23.4 Å². The topological polar surface area (TPSA) is 122 Å². The van der Waals surface area contributed by atoms with Gasteiger partial charge in [0.25, 0.3) is 10.0 Å². The summed E-state index contributed by atoms with van der Waals surface area (Å²) in [5.74, 6) is -0.899. The molecule has 0 aliphatic carbocycles. The van der Waals surface area contributed by atoms with Crippen LogP contribution in [0.15, 0.2) is 64.5 Å². The maximum absolute atomic E-state index is 12.6. The minimum Gasteiger partial charge on any atom is -0.325 e. The number of sulfonamides is 1. The van der Waals surface area contributed by atoms with Crippen LogP contribution in [0.3, 0.4) is 0 Å². The van der Waals surface area contributed by atoms with Crippen molar-refractivity contribution in [3.63, 3.8) is 0 Å². The predicted octanol–water partition coefficient (Wildman–Crippen LogP) is 2.92. The van der Waals surface area contributed by atoms with Gasteiger partial charge in [-0.3, -0.25) is 14.5 Å². The van der Waals surface area contributed by atoms with Crippen molar-refractivity contribution in [1.82, 2.24) is 4.72 Å². The largest absolute Gasteiger partial charge is 0.325 e. The summed E-state index contributed by atoms with van der Waals surface area (Å²) in [6.07, 6.45) is 4.51. The molecule has 0 unspecified atom stereocenters. The summed E-state index contributed by atoms with van der Waals surface area (Å²) in [6.45, 7) is 0.609. The second-order valence-corrected chi connectivity index (χ2v) is 11.9. The normalized spacial score (nSPS) is 14.7. The smallest absolute Gasteiger partial charge is 0.262 e. The van der Waals surface area contributed by atoms with Gasteiger partial charge in [0.15, 0.2) is 9.84 Å². The van der Waals surface area contributed by atoms with Crippen LogP contribution in [0.4, 0.5) is 5.69 Å². The fourth-order valence-corrected chi connectivity index (χ4v) is 5.79. The third-order valence-electron chi connectivity index (χ3n) is 5.19. The first-order valence-corrected chi connectivity index (χ1v) is 14.2. The van der Waals surface area contributed by atoms with Gasteiger partial charge in [-0.1, -0.05) is 36.8 Å². The van der Waals surface area contributed by atoms with Crippen molar-refractivity contribution in [3.05, 3.63) is 60.2 Å². The van der Waals surface area contributed by atoms with Crippen LogP contribution in [0.25, 0.3) is 0 Å². The van der Waals surface area contributed by atoms with Gasteiger partial charge in [-0.25, -0.2) is 16.8 Å². The second-order valence-electron chi connectivity index (χ2n) is 8.00. The summed E-state index contributed by atoms with van der Waals surface area (Å²) < 4.78 is 52.2. The molecular formula is C23H29N3O5S2. The van der Waals surface area contributed by atoms with Crippen molar-refractivity contribution in [2.45, 2.75) is 43.4 Å². The van der Waals surface area contributed by atoms with E-state index in [1.807, 2.05) is 30.3 Å². The minimum atomic E-state index is -3.77. The fourth-order valence-electron chi connectivity index (χ4n) is 3.50. The predicted molar refractivity (Wildman–Crippen MR) is 130 cm³/mol. The van der Waals surface area contributed by atoms with E-state index in [-0.39, 0.29) is 10.6 Å². The Morgan fingerprint density at radius 2 is 1.64 bits per heavy atom. The molecule has 2 aromatic carbocycles. The zero-order chi connectivity index (χ0) is 23.7. The van der Waals surface area contributed by atoms with Crippen LogP contribution >= 0.6 is 0 Å². The maximum atomic E-state index is 12.6. The van der Waals surface area contributed by atoms with Gasteiger partial charge < -0.3 is 5.32 Å². The number of benzene rings is 2. The average molecular weight is 492 g/mol. The van der Waals surface area contributed by atoms with Crippen LogP contribution in [-0.2, 0) is 31.1 Å². The van der Waals surface area contributed by atoms with Crippen molar-refractivity contribution >= 4 is 37.3 Å². The molecule has 8 nitrogen and oxygen atoms in total. The molecule has 1 heterocycles. The Morgan fingerprint density at radius 3 is 2.36 bits per heavy atom. The quantitative estimate of drug-likeness (QED) is 0.559. The highest BCUT2D eigenvalue weighted by molar-refractivity contribution is 7.92. The van der Waals surface area contributed by atoms with E-state index in [1.54, 1.807) is 0 Å². The highest BCUT2D eigenvalue weighted by Crippen LogP contribution is 2.16. The SMILES string of the molecule is O=C(CS(=O)(=O)CCCc1ccccc1)Nc1ccc(S(=O)(=O)NC2=NCCCCC2)cc1. The molecule has 0 bridgehead atoms. The van der Waals surface area contributed by atoms with Gasteiger partial charge in [-0.05, 0) is 55.5 Å². The minimum absolute atomic E-state index is 0.0426. The number of anilines is 1. The van der Waals surface area contributed by atoms with Crippen molar-refractivity contribution in [1.29, 1.82) is 0 Å². The molecular weight excluding hydrogens is 462 g/mol. The van der Waals surface area contributed by atoms with Gasteiger partial charge in [0, 0.05) is 18.7 Å². The van der Waals surface area contributed by atoms with E-state index in [1.165, 1.54) is 24.3 Å². The summed E-state index contributed by atoms with van der Waals surface area (Å²) in [5, 5.41) is 2.52. The Kier molecular flexibility index (Phi) is 8.62. The number of carbonyl (C=O) groups excluding carboxylic acids is 1. The third-order valence-corrected chi connectivity index (χ3v) is 8.20. The Bertz CT molecular complexity index is 1180. The average Bonchev–Trinajstić information content (AvgIpc) is 3.02. The van der Waals surface area contributed by atoms with Crippen LogP contribution in [0.5, 0.6) is 0 Å². The molecule has 33 heavy (non-hydrogen) atoms. The molecule has 0 atom stereocenters. The van der Waals surface area contributed by atoms with Crippen LogP contribution in [0, 0.1) is 0 Å². The number of amidine groups is 1.